The molecular weight excluding hydrogens is 501 g/mol. The number of nitrogens with zero attached hydrogens (tertiary/aromatic N) is 4. The molecule has 0 saturated heterocycles. The van der Waals surface area contributed by atoms with Gasteiger partial charge in [-0.1, -0.05) is 36.4 Å². The first-order chi connectivity index (χ1) is 16.8. The van der Waals surface area contributed by atoms with Gasteiger partial charge in [0.05, 0.1) is 23.5 Å². The number of halogens is 3. The van der Waals surface area contributed by atoms with Crippen molar-refractivity contribution in [3.05, 3.63) is 65.2 Å². The van der Waals surface area contributed by atoms with Gasteiger partial charge in [0.25, 0.3) is 0 Å². The molecule has 0 radical (unpaired) electrons. The van der Waals surface area contributed by atoms with Gasteiger partial charge < -0.3 is 10.0 Å². The van der Waals surface area contributed by atoms with Crippen LogP contribution in [0.1, 0.15) is 23.1 Å². The number of amides is 2. The first-order valence-electron chi connectivity index (χ1n) is 10.8. The Labute approximate surface area is 206 Å². The average Bonchev–Trinajstić information content (AvgIpc) is 3.32. The highest BCUT2D eigenvalue weighted by Gasteiger charge is 2.38. The van der Waals surface area contributed by atoms with Gasteiger partial charge in [0.2, 0.25) is 15.9 Å². The molecule has 0 saturated carbocycles. The van der Waals surface area contributed by atoms with Gasteiger partial charge in [-0.05, 0) is 17.7 Å². The molecule has 2 aromatic carbocycles. The topological polar surface area (TPSA) is 111 Å². The van der Waals surface area contributed by atoms with Crippen LogP contribution in [0.5, 0.6) is 0 Å². The zero-order valence-electron chi connectivity index (χ0n) is 19.6. The van der Waals surface area contributed by atoms with E-state index in [4.69, 9.17) is 0 Å². The van der Waals surface area contributed by atoms with Crippen molar-refractivity contribution in [1.82, 2.24) is 14.1 Å². The second kappa shape index (κ2) is 10.7. The molecule has 2 aromatic rings. The Kier molecular flexibility index (Phi) is 8.04. The zero-order chi connectivity index (χ0) is 26.7. The fourth-order valence-corrected chi connectivity index (χ4v) is 5.04. The third kappa shape index (κ3) is 6.02. The van der Waals surface area contributed by atoms with Crippen LogP contribution in [0, 0.1) is 0 Å². The Bertz CT molecular complexity index is 1260. The van der Waals surface area contributed by atoms with Crippen molar-refractivity contribution >= 4 is 27.9 Å². The predicted molar refractivity (Wildman–Crippen MR) is 125 cm³/mol. The quantitative estimate of drug-likeness (QED) is 0.568. The molecule has 194 valence electrons. The van der Waals surface area contributed by atoms with E-state index in [0.29, 0.717) is 24.0 Å². The molecule has 13 heteroatoms. The molecule has 0 unspecified atom stereocenters. The average molecular weight is 527 g/mol. The minimum absolute atomic E-state index is 0.196. The van der Waals surface area contributed by atoms with E-state index < -0.39 is 38.7 Å². The molecular formula is C23H25F3N4O5S. The zero-order valence-corrected chi connectivity index (χ0v) is 20.4. The Balaban J connectivity index is 1.60. The number of carboxylic acid groups (broad SMARTS) is 1. The smallest absolute Gasteiger partial charge is 0.417 e. The number of aliphatic imine (C=N–C) groups is 1. The van der Waals surface area contributed by atoms with Crippen LogP contribution in [0.3, 0.4) is 0 Å². The van der Waals surface area contributed by atoms with Crippen molar-refractivity contribution in [3.63, 3.8) is 0 Å². The monoisotopic (exact) mass is 526 g/mol. The maximum absolute atomic E-state index is 13.3. The van der Waals surface area contributed by atoms with Crippen molar-refractivity contribution in [2.24, 2.45) is 4.99 Å². The maximum atomic E-state index is 13.3. The largest absolute Gasteiger partial charge is 0.465 e. The number of carbonyl (C=O) groups excluding carboxylic acids is 1. The third-order valence-corrected chi connectivity index (χ3v) is 7.57. The van der Waals surface area contributed by atoms with Crippen LogP contribution in [0.2, 0.25) is 0 Å². The van der Waals surface area contributed by atoms with Crippen LogP contribution >= 0.6 is 0 Å². The molecule has 0 fully saturated rings. The number of hydrogen-bond donors (Lipinski definition) is 1. The minimum Gasteiger partial charge on any atom is -0.465 e. The number of sulfonamides is 1. The fraction of sp³-hybridized carbons (Fsp3) is 0.348. The van der Waals surface area contributed by atoms with Crippen LogP contribution in [-0.2, 0) is 27.5 Å². The van der Waals surface area contributed by atoms with Crippen molar-refractivity contribution in [3.8, 4) is 0 Å². The summed E-state index contributed by atoms with van der Waals surface area (Å²) >= 11 is 0. The normalized spacial score (nSPS) is 14.2. The number of hydrogen-bond acceptors (Lipinski definition) is 5. The Hall–Kier alpha value is -3.45. The molecule has 0 aliphatic carbocycles. The third-order valence-electron chi connectivity index (χ3n) is 5.65. The van der Waals surface area contributed by atoms with E-state index in [2.05, 4.69) is 4.99 Å². The van der Waals surface area contributed by atoms with E-state index in [1.807, 2.05) is 0 Å². The minimum atomic E-state index is -4.84. The van der Waals surface area contributed by atoms with E-state index in [0.717, 1.165) is 33.9 Å². The molecule has 1 aliphatic rings. The predicted octanol–water partition coefficient (Wildman–Crippen LogP) is 3.11. The Morgan fingerprint density at radius 2 is 1.72 bits per heavy atom. The Morgan fingerprint density at radius 1 is 1.08 bits per heavy atom. The van der Waals surface area contributed by atoms with Crippen LogP contribution in [0.15, 0.2) is 58.4 Å². The van der Waals surface area contributed by atoms with Crippen molar-refractivity contribution in [2.45, 2.75) is 24.0 Å². The molecule has 1 heterocycles. The second-order valence-corrected chi connectivity index (χ2v) is 10.2. The first-order valence-corrected chi connectivity index (χ1v) is 12.3. The van der Waals surface area contributed by atoms with Gasteiger partial charge >= 0.3 is 12.3 Å². The van der Waals surface area contributed by atoms with Crippen LogP contribution in [-0.4, -0.2) is 79.2 Å². The van der Waals surface area contributed by atoms with Crippen molar-refractivity contribution in [1.29, 1.82) is 0 Å². The first kappa shape index (κ1) is 27.1. The molecule has 1 N–H and O–H groups in total. The molecule has 36 heavy (non-hydrogen) atoms. The van der Waals surface area contributed by atoms with Gasteiger partial charge in [-0.15, -0.1) is 0 Å². The summed E-state index contributed by atoms with van der Waals surface area (Å²) in [5.74, 6) is -0.0442. The van der Waals surface area contributed by atoms with E-state index in [1.54, 1.807) is 24.3 Å². The van der Waals surface area contributed by atoms with Crippen LogP contribution in [0.4, 0.5) is 18.0 Å². The number of alkyl halides is 3. The van der Waals surface area contributed by atoms with E-state index in [9.17, 15) is 36.3 Å². The Morgan fingerprint density at radius 3 is 2.33 bits per heavy atom. The lowest BCUT2D eigenvalue weighted by Gasteiger charge is -2.22. The summed E-state index contributed by atoms with van der Waals surface area (Å²) in [6.07, 6.45) is -6.16. The lowest BCUT2D eigenvalue weighted by atomic mass is 10.1. The van der Waals surface area contributed by atoms with Gasteiger partial charge in [-0.25, -0.2) is 17.5 Å². The summed E-state index contributed by atoms with van der Waals surface area (Å²) in [6, 6.07) is 10.8. The van der Waals surface area contributed by atoms with Crippen molar-refractivity contribution in [2.75, 3.05) is 33.7 Å². The standard InChI is InChI=1S/C23H25F3N4O5S/c1-28(15-16-7-9-17(10-8-16)21-27-12-14-30(21)22(32)33)20(31)11-13-29(2)36(34,35)19-6-4-3-5-18(19)23(24,25)26/h3-10H,11-15H2,1-2H3,(H,32,33). The molecule has 0 atom stereocenters. The van der Waals surface area contributed by atoms with E-state index >= 15 is 0 Å². The summed E-state index contributed by atoms with van der Waals surface area (Å²) < 4.78 is 66.0. The highest BCUT2D eigenvalue weighted by molar-refractivity contribution is 7.89. The molecule has 1 aliphatic heterocycles. The SMILES string of the molecule is CN(Cc1ccc(C2=NCCN2C(=O)O)cc1)C(=O)CCN(C)S(=O)(=O)c1ccccc1C(F)(F)F. The molecule has 9 nitrogen and oxygen atoms in total. The highest BCUT2D eigenvalue weighted by atomic mass is 32.2. The van der Waals surface area contributed by atoms with Gasteiger partial charge in [0.15, 0.2) is 0 Å². The molecule has 0 bridgehead atoms. The summed E-state index contributed by atoms with van der Waals surface area (Å²) in [6.45, 7) is 0.561. The summed E-state index contributed by atoms with van der Waals surface area (Å²) in [4.78, 5) is 29.7. The van der Waals surface area contributed by atoms with Gasteiger partial charge in [-0.3, -0.25) is 14.7 Å². The van der Waals surface area contributed by atoms with Gasteiger partial charge in [0, 0.05) is 39.2 Å². The highest BCUT2D eigenvalue weighted by Crippen LogP contribution is 2.34. The lowest BCUT2D eigenvalue weighted by Crippen LogP contribution is -2.34. The molecule has 0 spiro atoms. The molecule has 3 rings (SSSR count). The number of benzene rings is 2. The van der Waals surface area contributed by atoms with Gasteiger partial charge in [0.1, 0.15) is 5.84 Å². The fourth-order valence-electron chi connectivity index (χ4n) is 3.66. The molecule has 0 aromatic heterocycles. The number of carbonyl (C=O) groups is 2. The summed E-state index contributed by atoms with van der Waals surface area (Å²) in [5.41, 5.74) is 0.104. The maximum Gasteiger partial charge on any atom is 0.417 e. The lowest BCUT2D eigenvalue weighted by molar-refractivity contribution is -0.140. The van der Waals surface area contributed by atoms with E-state index in [1.165, 1.54) is 18.0 Å². The number of rotatable bonds is 8. The second-order valence-electron chi connectivity index (χ2n) is 8.16. The molecule has 2 amide bonds. The summed E-state index contributed by atoms with van der Waals surface area (Å²) in [5, 5.41) is 9.24. The van der Waals surface area contributed by atoms with Gasteiger partial charge in [-0.2, -0.15) is 13.2 Å². The van der Waals surface area contributed by atoms with Crippen LogP contribution < -0.4 is 0 Å². The number of amidine groups is 1. The van der Waals surface area contributed by atoms with Crippen LogP contribution in [0.25, 0.3) is 0 Å². The van der Waals surface area contributed by atoms with E-state index in [-0.39, 0.29) is 26.1 Å². The van der Waals surface area contributed by atoms with Crippen molar-refractivity contribution < 1.29 is 36.3 Å². The summed E-state index contributed by atoms with van der Waals surface area (Å²) in [7, 11) is -1.82.